The molecule has 4 heterocycles. The molecule has 1 aromatic heterocycles. The largest absolute Gasteiger partial charge is 0.350 e. The highest BCUT2D eigenvalue weighted by Gasteiger charge is 2.57. The third kappa shape index (κ3) is 2.77. The molecule has 25 heavy (non-hydrogen) atoms. The van der Waals surface area contributed by atoms with E-state index in [0.29, 0.717) is 19.0 Å². The second-order valence-corrected chi connectivity index (χ2v) is 8.53. The molecule has 3 aliphatic rings. The number of amides is 2. The molecule has 7 heteroatoms. The SMILES string of the molecule is CCCN1C[C@H]2C(=O)NC3(CCN(C(=O)c4scnc4C)CC3)[C@H]2C1. The average molecular weight is 362 g/mol. The van der Waals surface area contributed by atoms with Gasteiger partial charge in [0.2, 0.25) is 5.91 Å². The van der Waals surface area contributed by atoms with Gasteiger partial charge >= 0.3 is 0 Å². The number of carbonyl (C=O) groups is 2. The molecule has 3 aliphatic heterocycles. The van der Waals surface area contributed by atoms with Gasteiger partial charge in [-0.05, 0) is 32.7 Å². The quantitative estimate of drug-likeness (QED) is 0.885. The minimum absolute atomic E-state index is 0.0924. The number of fused-ring (bicyclic) bond motifs is 2. The van der Waals surface area contributed by atoms with Crippen LogP contribution in [0.3, 0.4) is 0 Å². The van der Waals surface area contributed by atoms with Gasteiger partial charge in [-0.15, -0.1) is 11.3 Å². The zero-order valence-corrected chi connectivity index (χ0v) is 15.8. The van der Waals surface area contributed by atoms with Gasteiger partial charge in [0.05, 0.1) is 17.1 Å². The van der Waals surface area contributed by atoms with E-state index >= 15 is 0 Å². The van der Waals surface area contributed by atoms with Crippen molar-refractivity contribution < 1.29 is 9.59 Å². The summed E-state index contributed by atoms with van der Waals surface area (Å²) in [5, 5.41) is 3.33. The van der Waals surface area contributed by atoms with E-state index in [2.05, 4.69) is 22.1 Å². The van der Waals surface area contributed by atoms with Crippen molar-refractivity contribution in [3.8, 4) is 0 Å². The first kappa shape index (κ1) is 17.0. The number of thiazole rings is 1. The summed E-state index contributed by atoms with van der Waals surface area (Å²) in [6.45, 7) is 8.49. The third-order valence-corrected chi connectivity index (χ3v) is 7.15. The van der Waals surface area contributed by atoms with Gasteiger partial charge in [0.1, 0.15) is 4.88 Å². The summed E-state index contributed by atoms with van der Waals surface area (Å²) in [5.41, 5.74) is 2.44. The van der Waals surface area contributed by atoms with Gasteiger partial charge in [-0.25, -0.2) is 4.98 Å². The van der Waals surface area contributed by atoms with Crippen molar-refractivity contribution in [3.05, 3.63) is 16.1 Å². The number of hydrogen-bond donors (Lipinski definition) is 1. The number of hydrogen-bond acceptors (Lipinski definition) is 5. The van der Waals surface area contributed by atoms with Crippen LogP contribution in [0.2, 0.25) is 0 Å². The highest BCUT2D eigenvalue weighted by atomic mass is 32.1. The zero-order valence-electron chi connectivity index (χ0n) is 15.0. The van der Waals surface area contributed by atoms with E-state index in [0.717, 1.165) is 49.5 Å². The Morgan fingerprint density at radius 1 is 1.40 bits per heavy atom. The standard InChI is InChI=1S/C18H26N4O2S/c1-3-6-21-9-13-14(10-21)18(20-16(13)23)4-7-22(8-5-18)17(24)15-12(2)19-11-25-15/h11,13-14H,3-10H2,1-2H3,(H,20,23)/t13-,14+/m1/s1. The summed E-state index contributed by atoms with van der Waals surface area (Å²) in [6, 6.07) is 0. The van der Waals surface area contributed by atoms with E-state index in [9.17, 15) is 9.59 Å². The molecule has 0 aromatic carbocycles. The Morgan fingerprint density at radius 3 is 2.80 bits per heavy atom. The van der Waals surface area contributed by atoms with E-state index in [-0.39, 0.29) is 23.3 Å². The third-order valence-electron chi connectivity index (χ3n) is 6.24. The number of rotatable bonds is 3. The van der Waals surface area contributed by atoms with Crippen LogP contribution >= 0.6 is 11.3 Å². The summed E-state index contributed by atoms with van der Waals surface area (Å²) in [6.07, 6.45) is 2.86. The summed E-state index contributed by atoms with van der Waals surface area (Å²) in [4.78, 5) is 34.5. The first-order valence-electron chi connectivity index (χ1n) is 9.28. The lowest BCUT2D eigenvalue weighted by atomic mass is 9.75. The maximum absolute atomic E-state index is 12.7. The molecule has 0 bridgehead atoms. The molecule has 3 fully saturated rings. The molecular weight excluding hydrogens is 336 g/mol. The molecule has 136 valence electrons. The molecule has 0 unspecified atom stereocenters. The first-order chi connectivity index (χ1) is 12.0. The van der Waals surface area contributed by atoms with Crippen molar-refractivity contribution in [2.45, 2.75) is 38.6 Å². The molecule has 1 spiro atoms. The van der Waals surface area contributed by atoms with Crippen molar-refractivity contribution in [2.24, 2.45) is 11.8 Å². The predicted octanol–water partition coefficient (Wildman–Crippen LogP) is 1.51. The number of aryl methyl sites for hydroxylation is 1. The van der Waals surface area contributed by atoms with Gasteiger partial charge in [0, 0.05) is 37.6 Å². The Hall–Kier alpha value is -1.47. The Labute approximate surface area is 152 Å². The van der Waals surface area contributed by atoms with Gasteiger partial charge in [0.25, 0.3) is 5.91 Å². The van der Waals surface area contributed by atoms with Crippen molar-refractivity contribution in [1.29, 1.82) is 0 Å². The van der Waals surface area contributed by atoms with Crippen LogP contribution in [0.4, 0.5) is 0 Å². The van der Waals surface area contributed by atoms with Crippen LogP contribution in [0.5, 0.6) is 0 Å². The molecule has 6 nitrogen and oxygen atoms in total. The number of carbonyl (C=O) groups excluding carboxylic acids is 2. The fourth-order valence-corrected chi connectivity index (χ4v) is 5.67. The molecule has 0 radical (unpaired) electrons. The van der Waals surface area contributed by atoms with Crippen molar-refractivity contribution in [2.75, 3.05) is 32.7 Å². The second kappa shape index (κ2) is 6.36. The fourth-order valence-electron chi connectivity index (χ4n) is 4.90. The molecule has 3 saturated heterocycles. The topological polar surface area (TPSA) is 65.5 Å². The zero-order chi connectivity index (χ0) is 17.6. The average Bonchev–Trinajstić information content (AvgIpc) is 3.26. The minimum Gasteiger partial charge on any atom is -0.350 e. The van der Waals surface area contributed by atoms with Gasteiger partial charge in [-0.3, -0.25) is 9.59 Å². The Bertz CT molecular complexity index is 680. The minimum atomic E-state index is -0.107. The summed E-state index contributed by atoms with van der Waals surface area (Å²) < 4.78 is 0. The summed E-state index contributed by atoms with van der Waals surface area (Å²) in [5.74, 6) is 0.850. The molecule has 2 amide bonds. The van der Waals surface area contributed by atoms with Crippen LogP contribution in [0, 0.1) is 18.8 Å². The normalized spacial score (nSPS) is 28.4. The number of nitrogens with one attached hydrogen (secondary N) is 1. The van der Waals surface area contributed by atoms with Crippen molar-refractivity contribution in [1.82, 2.24) is 20.1 Å². The molecule has 0 aliphatic carbocycles. The van der Waals surface area contributed by atoms with Crippen molar-refractivity contribution in [3.63, 3.8) is 0 Å². The Kier molecular flexibility index (Phi) is 4.32. The number of likely N-dealkylation sites (tertiary alicyclic amines) is 2. The molecule has 1 N–H and O–H groups in total. The smallest absolute Gasteiger partial charge is 0.265 e. The van der Waals surface area contributed by atoms with E-state index in [1.54, 1.807) is 5.51 Å². The van der Waals surface area contributed by atoms with E-state index in [1.807, 2.05) is 11.8 Å². The summed E-state index contributed by atoms with van der Waals surface area (Å²) >= 11 is 1.42. The summed E-state index contributed by atoms with van der Waals surface area (Å²) in [7, 11) is 0. The second-order valence-electron chi connectivity index (χ2n) is 7.68. The maximum atomic E-state index is 12.7. The lowest BCUT2D eigenvalue weighted by molar-refractivity contribution is -0.123. The predicted molar refractivity (Wildman–Crippen MR) is 96.6 cm³/mol. The van der Waals surface area contributed by atoms with Crippen molar-refractivity contribution >= 4 is 23.2 Å². The Morgan fingerprint density at radius 2 is 2.16 bits per heavy atom. The number of nitrogens with zero attached hydrogens (tertiary/aromatic N) is 3. The number of aromatic nitrogens is 1. The van der Waals surface area contributed by atoms with Crippen LogP contribution in [-0.4, -0.2) is 64.9 Å². The van der Waals surface area contributed by atoms with Crippen LogP contribution < -0.4 is 5.32 Å². The molecule has 0 saturated carbocycles. The van der Waals surface area contributed by atoms with E-state index in [1.165, 1.54) is 11.3 Å². The van der Waals surface area contributed by atoms with E-state index < -0.39 is 0 Å². The monoisotopic (exact) mass is 362 g/mol. The molecule has 2 atom stereocenters. The molecule has 4 rings (SSSR count). The van der Waals surface area contributed by atoms with Crippen LogP contribution in [0.15, 0.2) is 5.51 Å². The fraction of sp³-hybridized carbons (Fsp3) is 0.722. The lowest BCUT2D eigenvalue weighted by Gasteiger charge is -2.42. The number of piperidine rings is 1. The first-order valence-corrected chi connectivity index (χ1v) is 10.2. The maximum Gasteiger partial charge on any atom is 0.265 e. The van der Waals surface area contributed by atoms with Gasteiger partial charge in [-0.2, -0.15) is 0 Å². The van der Waals surface area contributed by atoms with Crippen LogP contribution in [-0.2, 0) is 4.79 Å². The van der Waals surface area contributed by atoms with Gasteiger partial charge in [-0.1, -0.05) is 6.92 Å². The Balaban J connectivity index is 1.45. The molecule has 1 aromatic rings. The highest BCUT2D eigenvalue weighted by molar-refractivity contribution is 7.11. The highest BCUT2D eigenvalue weighted by Crippen LogP contribution is 2.44. The van der Waals surface area contributed by atoms with E-state index in [4.69, 9.17) is 0 Å². The van der Waals surface area contributed by atoms with Gasteiger partial charge < -0.3 is 15.1 Å². The molecular formula is C18H26N4O2S. The van der Waals surface area contributed by atoms with Crippen LogP contribution in [0.25, 0.3) is 0 Å². The van der Waals surface area contributed by atoms with Crippen LogP contribution in [0.1, 0.15) is 41.6 Å². The lowest BCUT2D eigenvalue weighted by Crippen LogP contribution is -2.56. The van der Waals surface area contributed by atoms with Gasteiger partial charge in [0.15, 0.2) is 0 Å².